The maximum atomic E-state index is 15.0. The Morgan fingerprint density at radius 1 is 1.11 bits per heavy atom. The van der Waals surface area contributed by atoms with E-state index in [-0.39, 0.29) is 33.5 Å². The summed E-state index contributed by atoms with van der Waals surface area (Å²) in [6.45, 7) is 3.63. The Morgan fingerprint density at radius 3 is 2.44 bits per heavy atom. The van der Waals surface area contributed by atoms with E-state index in [4.69, 9.17) is 0 Å². The van der Waals surface area contributed by atoms with Crippen LogP contribution in [0.1, 0.15) is 46.0 Å². The lowest BCUT2D eigenvalue weighted by molar-refractivity contribution is 0.0784. The van der Waals surface area contributed by atoms with Crippen LogP contribution in [-0.2, 0) is 6.80 Å². The molecule has 3 atom stereocenters. The number of hydrogen-bond acceptors (Lipinski definition) is 6. The molecule has 0 radical (unpaired) electrons. The van der Waals surface area contributed by atoms with E-state index >= 15 is 0 Å². The first-order valence-corrected chi connectivity index (χ1v) is 12.3. The number of alkyl halides is 1. The van der Waals surface area contributed by atoms with Gasteiger partial charge < -0.3 is 15.3 Å². The molecular weight excluding hydrogens is 464 g/mol. The van der Waals surface area contributed by atoms with Crippen molar-refractivity contribution < 1.29 is 13.9 Å². The summed E-state index contributed by atoms with van der Waals surface area (Å²) >= 11 is 0. The van der Waals surface area contributed by atoms with Crippen molar-refractivity contribution in [1.29, 1.82) is 0 Å². The Labute approximate surface area is 208 Å². The van der Waals surface area contributed by atoms with Crippen molar-refractivity contribution in [3.05, 3.63) is 58.8 Å². The van der Waals surface area contributed by atoms with Crippen LogP contribution >= 0.6 is 0 Å². The summed E-state index contributed by atoms with van der Waals surface area (Å²) in [5.41, 5.74) is 0.462. The lowest BCUT2D eigenvalue weighted by atomic mass is 9.69. The van der Waals surface area contributed by atoms with Gasteiger partial charge >= 0.3 is 0 Å². The van der Waals surface area contributed by atoms with E-state index < -0.39 is 18.2 Å². The van der Waals surface area contributed by atoms with Crippen LogP contribution in [0, 0.1) is 5.82 Å². The molecule has 0 saturated carbocycles. The molecule has 0 spiro atoms. The molecule has 2 aliphatic rings. The molecule has 2 aliphatic heterocycles. The fourth-order valence-electron chi connectivity index (χ4n) is 6.02. The average molecular weight is 496 g/mol. The molecule has 1 aromatic carbocycles. The number of aromatic nitrogens is 3. The number of piperidine rings is 2. The van der Waals surface area contributed by atoms with Crippen molar-refractivity contribution in [3.8, 4) is 28.1 Å². The molecule has 0 amide bonds. The summed E-state index contributed by atoms with van der Waals surface area (Å²) in [6, 6.07) is 8.87. The summed E-state index contributed by atoms with van der Waals surface area (Å²) in [6.07, 6.45) is 6.85. The Kier molecular flexibility index (Phi) is 6.06. The number of phenolic OH excluding ortho intramolecular Hbond substituents is 1. The maximum absolute atomic E-state index is 15.0. The van der Waals surface area contributed by atoms with Gasteiger partial charge in [-0.25, -0.2) is 8.78 Å². The molecule has 4 heterocycles. The molecule has 190 valence electrons. The van der Waals surface area contributed by atoms with E-state index in [2.05, 4.69) is 34.3 Å². The second-order valence-electron chi connectivity index (χ2n) is 10.7. The third kappa shape index (κ3) is 4.48. The van der Waals surface area contributed by atoms with Gasteiger partial charge in [0.15, 0.2) is 12.6 Å². The molecule has 9 heteroatoms. The van der Waals surface area contributed by atoms with Gasteiger partial charge in [-0.15, -0.1) is 10.2 Å². The van der Waals surface area contributed by atoms with Crippen molar-refractivity contribution in [2.24, 2.45) is 0 Å². The van der Waals surface area contributed by atoms with Gasteiger partial charge in [0.05, 0.1) is 5.69 Å². The third-order valence-corrected chi connectivity index (χ3v) is 7.79. The van der Waals surface area contributed by atoms with Gasteiger partial charge in [0.1, 0.15) is 11.6 Å². The van der Waals surface area contributed by atoms with E-state index in [0.717, 1.165) is 42.1 Å². The molecule has 2 saturated heterocycles. The topological polar surface area (TPSA) is 83.3 Å². The minimum atomic E-state index is -0.966. The predicted octanol–water partition coefficient (Wildman–Crippen LogP) is 4.63. The zero-order chi connectivity index (χ0) is 25.7. The molecule has 36 heavy (non-hydrogen) atoms. The lowest BCUT2D eigenvalue weighted by Gasteiger charge is -2.55. The van der Waals surface area contributed by atoms with Crippen molar-refractivity contribution in [1.82, 2.24) is 20.1 Å². The van der Waals surface area contributed by atoms with Gasteiger partial charge in [-0.05, 0) is 81.8 Å². The van der Waals surface area contributed by atoms with Crippen LogP contribution in [-0.4, -0.2) is 44.0 Å². The number of phenols is 1. The van der Waals surface area contributed by atoms with Crippen molar-refractivity contribution in [3.63, 3.8) is 0 Å². The molecule has 5 rings (SSSR count). The largest absolute Gasteiger partial charge is 0.507 e. The van der Waals surface area contributed by atoms with Crippen LogP contribution in [0.5, 0.6) is 5.75 Å². The van der Waals surface area contributed by atoms with E-state index in [1.54, 1.807) is 6.07 Å². The second-order valence-corrected chi connectivity index (χ2v) is 10.7. The smallest absolute Gasteiger partial charge is 0.253 e. The van der Waals surface area contributed by atoms with E-state index in [1.165, 1.54) is 30.8 Å². The normalized spacial score (nSPS) is 25.5. The fourth-order valence-corrected chi connectivity index (χ4v) is 6.02. The first-order chi connectivity index (χ1) is 17.1. The minimum absolute atomic E-state index is 0.0436. The van der Waals surface area contributed by atoms with Crippen LogP contribution in [0.25, 0.3) is 22.4 Å². The van der Waals surface area contributed by atoms with Crippen LogP contribution in [0.2, 0.25) is 0 Å². The number of nitrogens with one attached hydrogen (secondary N) is 1. The maximum Gasteiger partial charge on any atom is 0.253 e. The highest BCUT2D eigenvalue weighted by atomic mass is 19.1. The molecule has 2 N–H and O–H groups in total. The van der Waals surface area contributed by atoms with Gasteiger partial charge in [-0.2, -0.15) is 0 Å². The predicted molar refractivity (Wildman–Crippen MR) is 135 cm³/mol. The zero-order valence-electron chi connectivity index (χ0n) is 20.8. The number of hydrogen-bond donors (Lipinski definition) is 2. The number of anilines is 1. The molecule has 3 aromatic rings. The average Bonchev–Trinajstić information content (AvgIpc) is 2.83. The zero-order valence-corrected chi connectivity index (χ0v) is 20.8. The molecule has 2 fully saturated rings. The summed E-state index contributed by atoms with van der Waals surface area (Å²) < 4.78 is 28.7. The minimum Gasteiger partial charge on any atom is -0.507 e. The van der Waals surface area contributed by atoms with Gasteiger partial charge in [-0.1, -0.05) is 0 Å². The van der Waals surface area contributed by atoms with E-state index in [0.29, 0.717) is 11.7 Å². The molecular formula is C27H31F2N5O2. The monoisotopic (exact) mass is 495 g/mol. The molecule has 0 unspecified atom stereocenters. The van der Waals surface area contributed by atoms with Crippen molar-refractivity contribution >= 4 is 5.82 Å². The lowest BCUT2D eigenvalue weighted by Crippen LogP contribution is -2.66. The van der Waals surface area contributed by atoms with Crippen molar-refractivity contribution in [2.75, 3.05) is 11.9 Å². The van der Waals surface area contributed by atoms with Gasteiger partial charge in [0, 0.05) is 47.6 Å². The van der Waals surface area contributed by atoms with Crippen LogP contribution < -0.4 is 15.8 Å². The van der Waals surface area contributed by atoms with E-state index in [1.807, 2.05) is 13.1 Å². The Bertz CT molecular complexity index is 1330. The SMILES string of the molecule is CN(c1ccc(-c2cc(F)c(-c3ccn(CF)c(=O)c3)cc2O)nn1)[C@H]1C[C@]2(C)CCC[C@](C)(C1)N2. The van der Waals surface area contributed by atoms with Crippen molar-refractivity contribution in [2.45, 2.75) is 69.9 Å². The first-order valence-electron chi connectivity index (χ1n) is 12.3. The van der Waals surface area contributed by atoms with Gasteiger partial charge in [0.2, 0.25) is 0 Å². The number of aromatic hydroxyl groups is 1. The van der Waals surface area contributed by atoms with Crippen LogP contribution in [0.15, 0.2) is 47.4 Å². The molecule has 7 nitrogen and oxygen atoms in total. The second kappa shape index (κ2) is 8.96. The molecule has 2 bridgehead atoms. The van der Waals surface area contributed by atoms with Crippen LogP contribution in [0.3, 0.4) is 0 Å². The Balaban J connectivity index is 1.38. The Hall–Kier alpha value is -3.33. The van der Waals surface area contributed by atoms with Gasteiger partial charge in [0.25, 0.3) is 5.56 Å². The standard InChI is InChI=1S/C27H31F2N5O2/c1-26-8-4-9-27(2,32-26)15-18(14-26)33(3)24-6-5-22(30-31-24)20-12-21(29)19(13-23(20)35)17-7-10-34(16-28)25(36)11-17/h5-7,10-13,18,32,35H,4,8-9,14-16H2,1-3H3/t18-,26-,27+. The van der Waals surface area contributed by atoms with E-state index in [9.17, 15) is 18.7 Å². The van der Waals surface area contributed by atoms with Crippen LogP contribution in [0.4, 0.5) is 14.6 Å². The summed E-state index contributed by atoms with van der Waals surface area (Å²) in [5, 5.41) is 23.2. The summed E-state index contributed by atoms with van der Waals surface area (Å²) in [7, 11) is 2.03. The summed E-state index contributed by atoms with van der Waals surface area (Å²) in [4.78, 5) is 14.1. The number of pyridine rings is 1. The Morgan fingerprint density at radius 2 is 1.83 bits per heavy atom. The number of benzene rings is 1. The highest BCUT2D eigenvalue weighted by Crippen LogP contribution is 2.42. The highest BCUT2D eigenvalue weighted by molar-refractivity contribution is 5.74. The number of rotatable bonds is 5. The molecule has 0 aliphatic carbocycles. The quantitative estimate of drug-likeness (QED) is 0.537. The highest BCUT2D eigenvalue weighted by Gasteiger charge is 2.46. The number of nitrogens with zero attached hydrogens (tertiary/aromatic N) is 4. The van der Waals surface area contributed by atoms with Gasteiger partial charge in [-0.3, -0.25) is 9.36 Å². The number of fused-ring (bicyclic) bond motifs is 2. The molecule has 2 aromatic heterocycles. The number of halogens is 2. The fraction of sp³-hybridized carbons (Fsp3) is 0.444. The third-order valence-electron chi connectivity index (χ3n) is 7.79. The first kappa shape index (κ1) is 24.4. The summed E-state index contributed by atoms with van der Waals surface area (Å²) in [5.74, 6) is -0.102.